The first-order chi connectivity index (χ1) is 10.2. The summed E-state index contributed by atoms with van der Waals surface area (Å²) in [6, 6.07) is 0. The molecule has 1 saturated heterocycles. The first-order valence-electron chi connectivity index (χ1n) is 6.01. The third-order valence-electron chi connectivity index (χ3n) is 3.07. The first-order valence-corrected chi connectivity index (χ1v) is 6.01. The third-order valence-corrected chi connectivity index (χ3v) is 3.07. The molecule has 2 heterocycles. The second kappa shape index (κ2) is 5.13. The molecule has 0 aromatic heterocycles. The van der Waals surface area contributed by atoms with Gasteiger partial charge in [0.05, 0.1) is 6.54 Å². The van der Waals surface area contributed by atoms with Crippen LogP contribution in [0.3, 0.4) is 0 Å². The smallest absolute Gasteiger partial charge is 0.453 e. The Balaban J connectivity index is 2.31. The van der Waals surface area contributed by atoms with Gasteiger partial charge < -0.3 is 4.74 Å². The van der Waals surface area contributed by atoms with Crippen LogP contribution in [0.4, 0.5) is 39.5 Å². The van der Waals surface area contributed by atoms with Crippen LogP contribution in [0.5, 0.6) is 0 Å². The molecular formula is C10H8F9NO3. The molecule has 2 rings (SSSR count). The lowest BCUT2D eigenvalue weighted by atomic mass is 10.1. The zero-order valence-electron chi connectivity index (χ0n) is 10.9. The van der Waals surface area contributed by atoms with Crippen LogP contribution in [0.1, 0.15) is 12.8 Å². The van der Waals surface area contributed by atoms with Gasteiger partial charge in [0.15, 0.2) is 5.90 Å². The minimum Gasteiger partial charge on any atom is -0.479 e. The van der Waals surface area contributed by atoms with Crippen LogP contribution < -0.4 is 0 Å². The maximum absolute atomic E-state index is 14.1. The maximum atomic E-state index is 14.1. The van der Waals surface area contributed by atoms with Crippen molar-refractivity contribution in [3.63, 3.8) is 0 Å². The molecule has 1 unspecified atom stereocenters. The number of aliphatic imine (C=N–C) groups is 1. The van der Waals surface area contributed by atoms with E-state index in [1.54, 1.807) is 0 Å². The summed E-state index contributed by atoms with van der Waals surface area (Å²) in [6.07, 6.45) is -20.8. The molecule has 23 heavy (non-hydrogen) atoms. The third kappa shape index (κ3) is 2.84. The van der Waals surface area contributed by atoms with Crippen LogP contribution in [-0.4, -0.2) is 49.2 Å². The second-order valence-corrected chi connectivity index (χ2v) is 4.69. The Morgan fingerprint density at radius 3 is 1.91 bits per heavy atom. The fourth-order valence-corrected chi connectivity index (χ4v) is 1.95. The second-order valence-electron chi connectivity index (χ2n) is 4.69. The molecule has 0 aromatic rings. The number of ether oxygens (including phenoxy) is 3. The lowest BCUT2D eigenvalue weighted by Crippen LogP contribution is -2.58. The van der Waals surface area contributed by atoms with Gasteiger partial charge in [0.2, 0.25) is 0 Å². The molecular weight excluding hydrogens is 353 g/mol. The van der Waals surface area contributed by atoms with E-state index >= 15 is 0 Å². The van der Waals surface area contributed by atoms with E-state index in [9.17, 15) is 39.5 Å². The Morgan fingerprint density at radius 1 is 0.957 bits per heavy atom. The van der Waals surface area contributed by atoms with Crippen LogP contribution in [0.25, 0.3) is 0 Å². The lowest BCUT2D eigenvalue weighted by molar-refractivity contribution is -0.463. The van der Waals surface area contributed by atoms with E-state index in [0.29, 0.717) is 0 Å². The summed E-state index contributed by atoms with van der Waals surface area (Å²) in [5.41, 5.74) is 0. The number of nitrogens with zero attached hydrogens (tertiary/aromatic N) is 1. The summed E-state index contributed by atoms with van der Waals surface area (Å²) in [6.45, 7) is 0.148. The van der Waals surface area contributed by atoms with E-state index < -0.39 is 42.9 Å². The van der Waals surface area contributed by atoms with Crippen LogP contribution in [0, 0.1) is 0 Å². The zero-order valence-corrected chi connectivity index (χ0v) is 10.9. The molecule has 4 nitrogen and oxygen atoms in total. The molecule has 13 heteroatoms. The van der Waals surface area contributed by atoms with Crippen LogP contribution >= 0.6 is 0 Å². The Morgan fingerprint density at radius 2 is 1.52 bits per heavy atom. The summed E-state index contributed by atoms with van der Waals surface area (Å²) < 4.78 is 127. The summed E-state index contributed by atoms with van der Waals surface area (Å²) in [5, 5.41) is 0. The van der Waals surface area contributed by atoms with Gasteiger partial charge in [0.1, 0.15) is 6.61 Å². The molecule has 0 amide bonds. The Hall–Kier alpha value is -1.24. The van der Waals surface area contributed by atoms with Crippen molar-refractivity contribution in [1.82, 2.24) is 0 Å². The minimum atomic E-state index is -6.48. The topological polar surface area (TPSA) is 40.0 Å². The molecule has 0 bridgehead atoms. The van der Waals surface area contributed by atoms with Gasteiger partial charge >= 0.3 is 30.1 Å². The number of hydrogen-bond acceptors (Lipinski definition) is 4. The van der Waals surface area contributed by atoms with Crippen molar-refractivity contribution in [3.8, 4) is 0 Å². The first kappa shape index (κ1) is 18.1. The molecule has 2 aliphatic rings. The Bertz CT molecular complexity index is 487. The molecule has 0 N–H and O–H groups in total. The summed E-state index contributed by atoms with van der Waals surface area (Å²) >= 11 is 0. The van der Waals surface area contributed by atoms with E-state index in [4.69, 9.17) is 4.74 Å². The van der Waals surface area contributed by atoms with Gasteiger partial charge in [0.25, 0.3) is 0 Å². The van der Waals surface area contributed by atoms with Gasteiger partial charge in [-0.3, -0.25) is 14.5 Å². The average molecular weight is 361 g/mol. The van der Waals surface area contributed by atoms with Gasteiger partial charge in [-0.05, 0) is 0 Å². The average Bonchev–Trinajstić information content (AvgIpc) is 2.91. The molecule has 1 fully saturated rings. The minimum absolute atomic E-state index is 0.0391. The van der Waals surface area contributed by atoms with E-state index in [2.05, 4.69) is 14.5 Å². The molecule has 1 atom stereocenters. The fraction of sp³-hybridized carbons (Fsp3) is 0.900. The largest absolute Gasteiger partial charge is 0.479 e. The predicted molar refractivity (Wildman–Crippen MR) is 53.3 cm³/mol. The highest BCUT2D eigenvalue weighted by Gasteiger charge is 2.87. The van der Waals surface area contributed by atoms with E-state index in [1.165, 1.54) is 0 Å². The highest BCUT2D eigenvalue weighted by atomic mass is 19.4. The van der Waals surface area contributed by atoms with Crippen LogP contribution in [-0.2, 0) is 14.2 Å². The molecule has 0 aromatic carbocycles. The SMILES string of the molecule is FC(F)(F)C1(C(F)(F)F)OC(F)(F)C(F)(CCC2=NCCO2)O1. The normalized spacial score (nSPS) is 30.2. The fourth-order valence-electron chi connectivity index (χ4n) is 1.95. The van der Waals surface area contributed by atoms with Gasteiger partial charge in [-0.25, -0.2) is 4.39 Å². The molecule has 0 saturated carbocycles. The van der Waals surface area contributed by atoms with Crippen molar-refractivity contribution >= 4 is 5.90 Å². The van der Waals surface area contributed by atoms with E-state index in [0.717, 1.165) is 0 Å². The van der Waals surface area contributed by atoms with Gasteiger partial charge in [-0.15, -0.1) is 0 Å². The molecule has 0 radical (unpaired) electrons. The number of alkyl halides is 9. The number of rotatable bonds is 3. The summed E-state index contributed by atoms with van der Waals surface area (Å²) in [7, 11) is 0. The van der Waals surface area contributed by atoms with Gasteiger partial charge in [-0.1, -0.05) is 0 Å². The molecule has 0 aliphatic carbocycles. The van der Waals surface area contributed by atoms with Crippen molar-refractivity contribution in [2.45, 2.75) is 42.9 Å². The van der Waals surface area contributed by atoms with Gasteiger partial charge in [0, 0.05) is 12.8 Å². The molecule has 2 aliphatic heterocycles. The summed E-state index contributed by atoms with van der Waals surface area (Å²) in [5.74, 6) is -10.7. The quantitative estimate of drug-likeness (QED) is 0.724. The van der Waals surface area contributed by atoms with Crippen molar-refractivity contribution in [3.05, 3.63) is 0 Å². The van der Waals surface area contributed by atoms with E-state index in [-0.39, 0.29) is 19.0 Å². The molecule has 0 spiro atoms. The van der Waals surface area contributed by atoms with Crippen molar-refractivity contribution in [1.29, 1.82) is 0 Å². The van der Waals surface area contributed by atoms with Gasteiger partial charge in [-0.2, -0.15) is 35.1 Å². The van der Waals surface area contributed by atoms with Crippen molar-refractivity contribution < 1.29 is 53.7 Å². The van der Waals surface area contributed by atoms with Crippen molar-refractivity contribution in [2.75, 3.05) is 13.2 Å². The van der Waals surface area contributed by atoms with E-state index in [1.807, 2.05) is 0 Å². The standard InChI is InChI=1S/C10H8F9NO3/c11-6(2-1-5-20-3-4-21-5)10(18,19)23-7(22-6,8(12,13)14)9(15,16)17/h1-4H2. The highest BCUT2D eigenvalue weighted by Crippen LogP contribution is 2.60. The van der Waals surface area contributed by atoms with Crippen LogP contribution in [0.2, 0.25) is 0 Å². The Kier molecular flexibility index (Phi) is 4.04. The molecule has 134 valence electrons. The lowest BCUT2D eigenvalue weighted by Gasteiger charge is -2.31. The maximum Gasteiger partial charge on any atom is 0.453 e. The summed E-state index contributed by atoms with van der Waals surface area (Å²) in [4.78, 5) is 3.55. The highest BCUT2D eigenvalue weighted by molar-refractivity contribution is 5.77. The zero-order chi connectivity index (χ0) is 17.7. The Labute approximate surface area is 122 Å². The predicted octanol–water partition coefficient (Wildman–Crippen LogP) is 3.32. The van der Waals surface area contributed by atoms with Crippen LogP contribution in [0.15, 0.2) is 4.99 Å². The number of halogens is 9. The monoisotopic (exact) mass is 361 g/mol. The number of hydrogen-bond donors (Lipinski definition) is 0. The van der Waals surface area contributed by atoms with Crippen molar-refractivity contribution in [2.24, 2.45) is 4.99 Å².